The van der Waals surface area contributed by atoms with E-state index in [2.05, 4.69) is 20.7 Å². The molecule has 134 valence electrons. The monoisotopic (exact) mass is 343 g/mol. The van der Waals surface area contributed by atoms with Gasteiger partial charge in [0.05, 0.1) is 13.7 Å². The summed E-state index contributed by atoms with van der Waals surface area (Å²) in [4.78, 5) is 23.6. The number of hydrazone groups is 1. The Morgan fingerprint density at radius 3 is 2.62 bits per heavy atom. The number of imidazole rings is 1. The van der Waals surface area contributed by atoms with Gasteiger partial charge in [0.25, 0.3) is 5.96 Å². The second-order valence-electron chi connectivity index (χ2n) is 5.03. The number of aromatic nitrogens is 2. The molecule has 2 N–H and O–H groups in total. The van der Waals surface area contributed by atoms with Gasteiger partial charge in [0.2, 0.25) is 0 Å². The number of nitrogens with one attached hydrogen (secondary N) is 2. The van der Waals surface area contributed by atoms with E-state index in [1.54, 1.807) is 21.0 Å². The maximum absolute atomic E-state index is 10.2. The molecule has 1 fully saturated rings. The summed E-state index contributed by atoms with van der Waals surface area (Å²) in [6.45, 7) is 3.84. The number of hydrogen-bond acceptors (Lipinski definition) is 6. The lowest BCUT2D eigenvalue weighted by Gasteiger charge is -2.09. The minimum atomic E-state index is -0.732. The first-order chi connectivity index (χ1) is 11.3. The predicted octanol–water partition coefficient (Wildman–Crippen LogP) is 0.0163. The van der Waals surface area contributed by atoms with E-state index >= 15 is 0 Å². The molecule has 1 aromatic heterocycles. The molecule has 24 heavy (non-hydrogen) atoms. The molecule has 2 heterocycles. The van der Waals surface area contributed by atoms with Crippen molar-refractivity contribution in [1.82, 2.24) is 20.2 Å². The maximum Gasteiger partial charge on any atom is 0.342 e. The molecule has 0 aromatic carbocycles. The molecule has 0 bridgehead atoms. The van der Waals surface area contributed by atoms with Gasteiger partial charge in [-0.3, -0.25) is 0 Å². The van der Waals surface area contributed by atoms with Gasteiger partial charge in [0, 0.05) is 33.0 Å². The number of rotatable bonds is 4. The van der Waals surface area contributed by atoms with Crippen LogP contribution in [-0.4, -0.2) is 52.3 Å². The lowest BCUT2D eigenvalue weighted by atomic mass is 10.1. The zero-order valence-corrected chi connectivity index (χ0v) is 13.8. The average Bonchev–Trinajstić information content (AvgIpc) is 3.15. The SMILES string of the molecule is CN/C(=N/[N+](=O)[O-])NCC1CCOC1.Cc1ncc([N+](=O)[O-])n1C. The lowest BCUT2D eigenvalue weighted by Crippen LogP contribution is -2.38. The molecule has 0 amide bonds. The number of nitro groups is 2. The molecule has 12 nitrogen and oxygen atoms in total. The molecule has 12 heteroatoms. The summed E-state index contributed by atoms with van der Waals surface area (Å²) in [6.07, 6.45) is 2.23. The van der Waals surface area contributed by atoms with Crippen LogP contribution in [-0.2, 0) is 11.8 Å². The highest BCUT2D eigenvalue weighted by atomic mass is 16.7. The van der Waals surface area contributed by atoms with E-state index in [4.69, 9.17) is 4.74 Å². The van der Waals surface area contributed by atoms with Crippen molar-refractivity contribution in [1.29, 1.82) is 0 Å². The zero-order chi connectivity index (χ0) is 18.1. The molecular weight excluding hydrogens is 322 g/mol. The fraction of sp³-hybridized carbons (Fsp3) is 0.667. The maximum atomic E-state index is 10.2. The highest BCUT2D eigenvalue weighted by Gasteiger charge is 2.16. The quantitative estimate of drug-likeness (QED) is 0.336. The Balaban J connectivity index is 0.000000254. The molecule has 1 aliphatic rings. The van der Waals surface area contributed by atoms with Gasteiger partial charge in [-0.25, -0.2) is 19.7 Å². The van der Waals surface area contributed by atoms with Crippen molar-refractivity contribution in [2.45, 2.75) is 13.3 Å². The molecule has 1 unspecified atom stereocenters. The first-order valence-electron chi connectivity index (χ1n) is 7.20. The Kier molecular flexibility index (Phi) is 7.55. The van der Waals surface area contributed by atoms with E-state index in [1.807, 2.05) is 0 Å². The third kappa shape index (κ3) is 6.16. The molecule has 1 atom stereocenters. The number of ether oxygens (including phenoxy) is 1. The van der Waals surface area contributed by atoms with Crippen LogP contribution in [0.3, 0.4) is 0 Å². The van der Waals surface area contributed by atoms with Crippen molar-refractivity contribution >= 4 is 11.8 Å². The van der Waals surface area contributed by atoms with Crippen LogP contribution in [0.5, 0.6) is 0 Å². The van der Waals surface area contributed by atoms with Gasteiger partial charge in [-0.15, -0.1) is 0 Å². The van der Waals surface area contributed by atoms with E-state index in [0.29, 0.717) is 24.9 Å². The molecule has 1 aromatic rings. The molecule has 0 saturated carbocycles. The van der Waals surface area contributed by atoms with Crippen LogP contribution in [0.1, 0.15) is 12.2 Å². The summed E-state index contributed by atoms with van der Waals surface area (Å²) in [7, 11) is 3.20. The number of nitrogens with zero attached hydrogens (tertiary/aromatic N) is 5. The number of guanidine groups is 1. The van der Waals surface area contributed by atoms with Crippen LogP contribution in [0.15, 0.2) is 11.3 Å². The van der Waals surface area contributed by atoms with Crippen LogP contribution >= 0.6 is 0 Å². The number of aryl methyl sites for hydroxylation is 1. The van der Waals surface area contributed by atoms with Gasteiger partial charge in [-0.2, -0.15) is 0 Å². The van der Waals surface area contributed by atoms with Gasteiger partial charge >= 0.3 is 5.82 Å². The third-order valence-corrected chi connectivity index (χ3v) is 3.38. The molecule has 0 spiro atoms. The van der Waals surface area contributed by atoms with Crippen molar-refractivity contribution in [3.63, 3.8) is 0 Å². The fourth-order valence-electron chi connectivity index (χ4n) is 1.90. The molecule has 1 saturated heterocycles. The summed E-state index contributed by atoms with van der Waals surface area (Å²) in [5.41, 5.74) is 0. The van der Waals surface area contributed by atoms with Gasteiger partial charge in [0.15, 0.2) is 10.9 Å². The van der Waals surface area contributed by atoms with Crippen molar-refractivity contribution in [3.8, 4) is 0 Å². The normalized spacial score (nSPS) is 17.0. The van der Waals surface area contributed by atoms with Crippen LogP contribution in [0.4, 0.5) is 5.82 Å². The van der Waals surface area contributed by atoms with E-state index in [-0.39, 0.29) is 11.8 Å². The predicted molar refractivity (Wildman–Crippen MR) is 85.0 cm³/mol. The van der Waals surface area contributed by atoms with Crippen molar-refractivity contribution in [3.05, 3.63) is 32.2 Å². The molecular formula is C12H21N7O5. The van der Waals surface area contributed by atoms with E-state index in [9.17, 15) is 20.2 Å². The number of hydrogen-bond donors (Lipinski definition) is 2. The summed E-state index contributed by atoms with van der Waals surface area (Å²) in [5, 5.41) is 28.1. The molecule has 0 aliphatic carbocycles. The summed E-state index contributed by atoms with van der Waals surface area (Å²) < 4.78 is 6.60. The van der Waals surface area contributed by atoms with Gasteiger partial charge < -0.3 is 25.5 Å². The van der Waals surface area contributed by atoms with Gasteiger partial charge in [0.1, 0.15) is 11.3 Å². The Bertz CT molecular complexity index is 595. The molecule has 0 radical (unpaired) electrons. The van der Waals surface area contributed by atoms with Crippen molar-refractivity contribution < 1.29 is 14.7 Å². The fourth-order valence-corrected chi connectivity index (χ4v) is 1.90. The van der Waals surface area contributed by atoms with Crippen LogP contribution in [0.25, 0.3) is 0 Å². The standard InChI is InChI=1S/C7H14N4O3.C5H7N3O2/c1-8-7(10-11(12)13)9-4-6-2-3-14-5-6;1-4-6-3-5(7(4)2)8(9)10/h6H,2-5H2,1H3,(H2,8,9,10);3H,1-2H3. The van der Waals surface area contributed by atoms with E-state index in [1.165, 1.54) is 10.8 Å². The smallest absolute Gasteiger partial charge is 0.342 e. The van der Waals surface area contributed by atoms with E-state index < -0.39 is 9.96 Å². The zero-order valence-electron chi connectivity index (χ0n) is 13.8. The van der Waals surface area contributed by atoms with Gasteiger partial charge in [-0.1, -0.05) is 0 Å². The third-order valence-electron chi connectivity index (χ3n) is 3.38. The van der Waals surface area contributed by atoms with Crippen molar-refractivity contribution in [2.75, 3.05) is 26.8 Å². The average molecular weight is 343 g/mol. The minimum absolute atomic E-state index is 0.0255. The van der Waals surface area contributed by atoms with Crippen LogP contribution in [0, 0.1) is 33.1 Å². The van der Waals surface area contributed by atoms with Crippen molar-refractivity contribution in [2.24, 2.45) is 18.1 Å². The second-order valence-corrected chi connectivity index (χ2v) is 5.03. The Morgan fingerprint density at radius 2 is 2.25 bits per heavy atom. The Labute approximate surface area is 138 Å². The topological polar surface area (TPSA) is 150 Å². The lowest BCUT2D eigenvalue weighted by molar-refractivity contribution is -0.485. The van der Waals surface area contributed by atoms with Gasteiger partial charge in [-0.05, 0) is 11.3 Å². The first-order valence-corrected chi connectivity index (χ1v) is 7.20. The molecule has 2 rings (SSSR count). The van der Waals surface area contributed by atoms with Crippen LogP contribution < -0.4 is 10.6 Å². The largest absolute Gasteiger partial charge is 0.381 e. The second kappa shape index (κ2) is 9.39. The Morgan fingerprint density at radius 1 is 1.54 bits per heavy atom. The van der Waals surface area contributed by atoms with E-state index in [0.717, 1.165) is 13.0 Å². The molecule has 1 aliphatic heterocycles. The summed E-state index contributed by atoms with van der Waals surface area (Å²) >= 11 is 0. The highest BCUT2D eigenvalue weighted by molar-refractivity contribution is 5.78. The Hall–Kier alpha value is -2.76. The highest BCUT2D eigenvalue weighted by Crippen LogP contribution is 2.10. The summed E-state index contributed by atoms with van der Waals surface area (Å²) in [5.74, 6) is 1.27. The van der Waals surface area contributed by atoms with Crippen LogP contribution in [0.2, 0.25) is 0 Å². The first kappa shape index (κ1) is 19.3. The minimum Gasteiger partial charge on any atom is -0.381 e. The summed E-state index contributed by atoms with van der Waals surface area (Å²) in [6, 6.07) is 0.